The number of aliphatic hydroxyl groups is 1. The lowest BCUT2D eigenvalue weighted by Gasteiger charge is -2.23. The number of carboxylic acids is 1. The lowest BCUT2D eigenvalue weighted by Crippen LogP contribution is -2.48. The van der Waals surface area contributed by atoms with Crippen molar-refractivity contribution in [3.05, 3.63) is 0 Å². The van der Waals surface area contributed by atoms with Gasteiger partial charge in [-0.3, -0.25) is 9.59 Å². The van der Waals surface area contributed by atoms with E-state index in [1.807, 2.05) is 0 Å². The molecule has 1 heterocycles. The summed E-state index contributed by atoms with van der Waals surface area (Å²) in [5.41, 5.74) is 0. The van der Waals surface area contributed by atoms with E-state index in [0.717, 1.165) is 0 Å². The molecule has 5 nitrogen and oxygen atoms in total. The molecular weight excluding hydrogens is 150 g/mol. The fourth-order valence-electron chi connectivity index (χ4n) is 1.05. The third-order valence-corrected chi connectivity index (χ3v) is 1.72. The minimum atomic E-state index is -1.39. The minimum absolute atomic E-state index is 0.294. The zero-order valence-corrected chi connectivity index (χ0v) is 5.78. The van der Waals surface area contributed by atoms with E-state index in [0.29, 0.717) is 13.0 Å². The Bertz CT molecular complexity index is 191. The smallest absolute Gasteiger partial charge is 0.309 e. The molecule has 0 saturated carbocycles. The van der Waals surface area contributed by atoms with Gasteiger partial charge in [-0.1, -0.05) is 0 Å². The van der Waals surface area contributed by atoms with Crippen molar-refractivity contribution in [2.45, 2.75) is 12.5 Å². The van der Waals surface area contributed by atoms with Crippen molar-refractivity contribution in [3.8, 4) is 0 Å². The first kappa shape index (κ1) is 8.00. The van der Waals surface area contributed by atoms with E-state index in [2.05, 4.69) is 5.32 Å². The first-order chi connectivity index (χ1) is 5.13. The summed E-state index contributed by atoms with van der Waals surface area (Å²) in [6.07, 6.45) is -1.09. The molecule has 1 fully saturated rings. The van der Waals surface area contributed by atoms with Crippen LogP contribution in [0.1, 0.15) is 6.42 Å². The normalized spacial score (nSPS) is 31.2. The molecule has 1 aliphatic rings. The number of carbonyl (C=O) groups excluding carboxylic acids is 1. The number of hydrogen-bond acceptors (Lipinski definition) is 3. The topological polar surface area (TPSA) is 86.6 Å². The summed E-state index contributed by atoms with van der Waals surface area (Å²) in [5.74, 6) is -2.65. The summed E-state index contributed by atoms with van der Waals surface area (Å²) in [7, 11) is 0. The fourth-order valence-corrected chi connectivity index (χ4v) is 1.05. The van der Waals surface area contributed by atoms with E-state index in [4.69, 9.17) is 10.2 Å². The second-order valence-corrected chi connectivity index (χ2v) is 2.47. The van der Waals surface area contributed by atoms with E-state index in [-0.39, 0.29) is 0 Å². The van der Waals surface area contributed by atoms with Crippen molar-refractivity contribution in [3.63, 3.8) is 0 Å². The lowest BCUT2D eigenvalue weighted by atomic mass is 9.95. The van der Waals surface area contributed by atoms with Crippen LogP contribution >= 0.6 is 0 Å². The van der Waals surface area contributed by atoms with E-state index < -0.39 is 23.9 Å². The average molecular weight is 159 g/mol. The highest BCUT2D eigenvalue weighted by Gasteiger charge is 2.34. The van der Waals surface area contributed by atoms with Crippen LogP contribution in [0.5, 0.6) is 0 Å². The molecule has 2 atom stereocenters. The third kappa shape index (κ3) is 1.48. The summed E-state index contributed by atoms with van der Waals surface area (Å²) < 4.78 is 0. The van der Waals surface area contributed by atoms with Crippen LogP contribution in [0.2, 0.25) is 0 Å². The molecular formula is C6H9NO4. The van der Waals surface area contributed by atoms with Crippen LogP contribution in [-0.4, -0.2) is 34.7 Å². The molecule has 1 aliphatic heterocycles. The Balaban J connectivity index is 2.65. The van der Waals surface area contributed by atoms with Gasteiger partial charge in [0.25, 0.3) is 0 Å². The van der Waals surface area contributed by atoms with Gasteiger partial charge in [-0.25, -0.2) is 0 Å². The number of carbonyl (C=O) groups is 2. The van der Waals surface area contributed by atoms with Gasteiger partial charge in [0.2, 0.25) is 5.91 Å². The van der Waals surface area contributed by atoms with Crippen LogP contribution in [0.4, 0.5) is 0 Å². The van der Waals surface area contributed by atoms with E-state index in [9.17, 15) is 9.59 Å². The van der Waals surface area contributed by atoms with Crippen molar-refractivity contribution >= 4 is 11.9 Å². The number of aliphatic carboxylic acids is 1. The first-order valence-corrected chi connectivity index (χ1v) is 3.31. The monoisotopic (exact) mass is 159 g/mol. The van der Waals surface area contributed by atoms with Gasteiger partial charge in [0.05, 0.1) is 5.92 Å². The molecule has 0 bridgehead atoms. The summed E-state index contributed by atoms with van der Waals surface area (Å²) in [6, 6.07) is 0. The van der Waals surface area contributed by atoms with Crippen molar-refractivity contribution in [2.75, 3.05) is 6.54 Å². The highest BCUT2D eigenvalue weighted by molar-refractivity contribution is 5.87. The highest BCUT2D eigenvalue weighted by atomic mass is 16.4. The maximum Gasteiger partial charge on any atom is 0.309 e. The minimum Gasteiger partial charge on any atom is -0.481 e. The lowest BCUT2D eigenvalue weighted by molar-refractivity contribution is -0.153. The van der Waals surface area contributed by atoms with Crippen LogP contribution in [0.15, 0.2) is 0 Å². The Morgan fingerprint density at radius 2 is 2.27 bits per heavy atom. The standard InChI is InChI=1S/C6H9NO4/c8-4-3(6(10)11)1-2-7-5(4)9/h3-4,8H,1-2H2,(H,7,9)(H,10,11). The average Bonchev–Trinajstić information content (AvgIpc) is 1.94. The van der Waals surface area contributed by atoms with Crippen LogP contribution < -0.4 is 5.32 Å². The molecule has 0 aromatic carbocycles. The Kier molecular flexibility index (Phi) is 2.09. The fraction of sp³-hybridized carbons (Fsp3) is 0.667. The number of nitrogens with one attached hydrogen (secondary N) is 1. The number of amides is 1. The van der Waals surface area contributed by atoms with Gasteiger partial charge in [-0.05, 0) is 6.42 Å². The van der Waals surface area contributed by atoms with Crippen LogP contribution in [0.25, 0.3) is 0 Å². The van der Waals surface area contributed by atoms with Gasteiger partial charge in [-0.2, -0.15) is 0 Å². The molecule has 3 N–H and O–H groups in total. The van der Waals surface area contributed by atoms with Crippen molar-refractivity contribution in [2.24, 2.45) is 5.92 Å². The molecule has 62 valence electrons. The maximum absolute atomic E-state index is 10.7. The summed E-state index contributed by atoms with van der Waals surface area (Å²) in [4.78, 5) is 21.1. The molecule has 0 aliphatic carbocycles. The molecule has 0 aromatic rings. The summed E-state index contributed by atoms with van der Waals surface area (Å²) in [6.45, 7) is 0.326. The Morgan fingerprint density at radius 3 is 2.73 bits per heavy atom. The Hall–Kier alpha value is -1.10. The molecule has 0 radical (unpaired) electrons. The number of rotatable bonds is 1. The second-order valence-electron chi connectivity index (χ2n) is 2.47. The van der Waals surface area contributed by atoms with E-state index in [1.54, 1.807) is 0 Å². The Labute approximate surface area is 63.0 Å². The molecule has 5 heteroatoms. The maximum atomic E-state index is 10.7. The predicted molar refractivity (Wildman–Crippen MR) is 34.8 cm³/mol. The number of hydrogen-bond donors (Lipinski definition) is 3. The molecule has 1 saturated heterocycles. The van der Waals surface area contributed by atoms with Crippen molar-refractivity contribution < 1.29 is 19.8 Å². The molecule has 1 amide bonds. The van der Waals surface area contributed by atoms with Crippen LogP contribution in [0, 0.1) is 5.92 Å². The number of piperidine rings is 1. The second kappa shape index (κ2) is 2.87. The molecule has 0 spiro atoms. The number of carboxylic acid groups (broad SMARTS) is 1. The highest BCUT2D eigenvalue weighted by Crippen LogP contribution is 2.12. The van der Waals surface area contributed by atoms with Gasteiger partial charge in [-0.15, -0.1) is 0 Å². The first-order valence-electron chi connectivity index (χ1n) is 3.31. The molecule has 2 unspecified atom stereocenters. The van der Waals surface area contributed by atoms with Crippen molar-refractivity contribution in [1.82, 2.24) is 5.32 Å². The van der Waals surface area contributed by atoms with Gasteiger partial charge in [0.1, 0.15) is 6.10 Å². The van der Waals surface area contributed by atoms with Crippen molar-refractivity contribution in [1.29, 1.82) is 0 Å². The van der Waals surface area contributed by atoms with Gasteiger partial charge >= 0.3 is 5.97 Å². The Morgan fingerprint density at radius 1 is 1.64 bits per heavy atom. The quantitative estimate of drug-likeness (QED) is 0.437. The molecule has 1 rings (SSSR count). The van der Waals surface area contributed by atoms with Crippen LogP contribution in [-0.2, 0) is 9.59 Å². The summed E-state index contributed by atoms with van der Waals surface area (Å²) in [5, 5.41) is 19.9. The SMILES string of the molecule is O=C1NCCC(C(=O)O)C1O. The van der Waals surface area contributed by atoms with Crippen LogP contribution in [0.3, 0.4) is 0 Å². The van der Waals surface area contributed by atoms with Gasteiger partial charge in [0, 0.05) is 6.54 Å². The molecule has 11 heavy (non-hydrogen) atoms. The van der Waals surface area contributed by atoms with E-state index in [1.165, 1.54) is 0 Å². The summed E-state index contributed by atoms with van der Waals surface area (Å²) >= 11 is 0. The molecule has 0 aromatic heterocycles. The zero-order chi connectivity index (χ0) is 8.43. The zero-order valence-electron chi connectivity index (χ0n) is 5.78. The van der Waals surface area contributed by atoms with Gasteiger partial charge < -0.3 is 15.5 Å². The third-order valence-electron chi connectivity index (χ3n) is 1.72. The largest absolute Gasteiger partial charge is 0.481 e. The number of aliphatic hydroxyl groups excluding tert-OH is 1. The van der Waals surface area contributed by atoms with Gasteiger partial charge in [0.15, 0.2) is 0 Å². The van der Waals surface area contributed by atoms with E-state index >= 15 is 0 Å². The predicted octanol–water partition coefficient (Wildman–Crippen LogP) is -1.43.